The molecule has 1 aromatic carbocycles. The lowest BCUT2D eigenvalue weighted by molar-refractivity contribution is -0.0514. The van der Waals surface area contributed by atoms with Crippen molar-refractivity contribution in [3.05, 3.63) is 58.9 Å². The Balaban J connectivity index is 1.23. The first-order chi connectivity index (χ1) is 23.5. The molecule has 0 bridgehead atoms. The van der Waals surface area contributed by atoms with E-state index in [2.05, 4.69) is 46.0 Å². The number of fused-ring (bicyclic) bond motifs is 2. The van der Waals surface area contributed by atoms with Crippen LogP contribution in [0.1, 0.15) is 101 Å². The lowest BCUT2D eigenvalue weighted by atomic mass is 9.88. The van der Waals surface area contributed by atoms with Crippen molar-refractivity contribution in [2.24, 2.45) is 0 Å². The van der Waals surface area contributed by atoms with Crippen molar-refractivity contribution in [3.8, 4) is 0 Å². The number of morpholine rings is 1. The lowest BCUT2D eigenvalue weighted by Crippen LogP contribution is -2.52. The molecule has 6 rings (SSSR count). The van der Waals surface area contributed by atoms with Gasteiger partial charge in [0.15, 0.2) is 0 Å². The number of benzene rings is 1. The van der Waals surface area contributed by atoms with Crippen molar-refractivity contribution in [3.63, 3.8) is 0 Å². The normalized spacial score (nSPS) is 23.0. The topological polar surface area (TPSA) is 61.4 Å². The first-order valence-electron chi connectivity index (χ1n) is 18.7. The molecule has 2 aliphatic heterocycles. The molecule has 2 aromatic rings. The van der Waals surface area contributed by atoms with E-state index in [4.69, 9.17) is 14.5 Å². The number of alkyl halides is 2. The third kappa shape index (κ3) is 9.11. The Morgan fingerprint density at radius 1 is 1.04 bits per heavy atom. The Hall–Kier alpha value is -2.82. The minimum absolute atomic E-state index is 0.00418. The molecule has 2 atom stereocenters. The average molecular weight is 682 g/mol. The van der Waals surface area contributed by atoms with Crippen molar-refractivity contribution < 1.29 is 23.0 Å². The molecule has 1 aromatic heterocycles. The summed E-state index contributed by atoms with van der Waals surface area (Å²) in [7, 11) is 2.09. The maximum absolute atomic E-state index is 13.9. The van der Waals surface area contributed by atoms with Gasteiger partial charge in [0, 0.05) is 56.9 Å². The number of ether oxygens (including phenoxy) is 2. The second-order valence-electron chi connectivity index (χ2n) is 15.7. The highest BCUT2D eigenvalue weighted by molar-refractivity contribution is 5.70. The van der Waals surface area contributed by atoms with Gasteiger partial charge in [0.1, 0.15) is 5.60 Å². The van der Waals surface area contributed by atoms with Gasteiger partial charge >= 0.3 is 6.09 Å². The summed E-state index contributed by atoms with van der Waals surface area (Å²) in [5.41, 5.74) is 5.67. The molecule has 0 radical (unpaired) electrons. The summed E-state index contributed by atoms with van der Waals surface area (Å²) < 4.78 is 39.3. The van der Waals surface area contributed by atoms with Crippen LogP contribution in [-0.4, -0.2) is 102 Å². The summed E-state index contributed by atoms with van der Waals surface area (Å²) in [6, 6.07) is 11.1. The highest BCUT2D eigenvalue weighted by atomic mass is 19.3. The van der Waals surface area contributed by atoms with Crippen molar-refractivity contribution in [1.29, 1.82) is 0 Å². The fraction of sp³-hybridized carbons (Fsp3) is 0.692. The highest BCUT2D eigenvalue weighted by Crippen LogP contribution is 2.38. The number of aryl methyl sites for hydroxylation is 1. The molecule has 1 saturated carbocycles. The third-order valence-electron chi connectivity index (χ3n) is 11.0. The number of hydrogen-bond acceptors (Lipinski definition) is 7. The Bertz CT molecular complexity index is 1400. The summed E-state index contributed by atoms with van der Waals surface area (Å²) in [5, 5.41) is 0. The molecule has 10 heteroatoms. The molecule has 49 heavy (non-hydrogen) atoms. The van der Waals surface area contributed by atoms with E-state index in [9.17, 15) is 13.6 Å². The molecule has 0 spiro atoms. The number of anilines is 1. The molecule has 270 valence electrons. The van der Waals surface area contributed by atoms with E-state index in [0.29, 0.717) is 19.4 Å². The van der Waals surface area contributed by atoms with E-state index in [-0.39, 0.29) is 37.1 Å². The highest BCUT2D eigenvalue weighted by Gasteiger charge is 2.38. The van der Waals surface area contributed by atoms with Gasteiger partial charge in [-0.15, -0.1) is 0 Å². The van der Waals surface area contributed by atoms with E-state index in [1.165, 1.54) is 28.1 Å². The van der Waals surface area contributed by atoms with Crippen molar-refractivity contribution in [2.45, 2.75) is 121 Å². The van der Waals surface area contributed by atoms with Crippen LogP contribution in [0.5, 0.6) is 0 Å². The number of halogens is 2. The quantitative estimate of drug-likeness (QED) is 0.245. The first-order valence-corrected chi connectivity index (χ1v) is 18.7. The third-order valence-corrected chi connectivity index (χ3v) is 11.0. The number of carbonyl (C=O) groups is 1. The van der Waals surface area contributed by atoms with Gasteiger partial charge in [-0.25, -0.2) is 13.6 Å². The molecule has 3 heterocycles. The molecule has 2 fully saturated rings. The molecule has 0 N–H and O–H groups in total. The summed E-state index contributed by atoms with van der Waals surface area (Å²) in [6.07, 6.45) is 8.70. The second-order valence-corrected chi connectivity index (χ2v) is 15.7. The lowest BCUT2D eigenvalue weighted by Gasteiger charge is -2.44. The summed E-state index contributed by atoms with van der Waals surface area (Å²) in [5.74, 6) is -2.50. The van der Waals surface area contributed by atoms with Crippen molar-refractivity contribution in [1.82, 2.24) is 19.7 Å². The van der Waals surface area contributed by atoms with Crippen LogP contribution in [0.15, 0.2) is 36.5 Å². The average Bonchev–Trinajstić information content (AvgIpc) is 3.08. The number of unbranched alkanes of at least 4 members (excludes halogenated alkanes) is 1. The van der Waals surface area contributed by atoms with Crippen LogP contribution in [0.25, 0.3) is 0 Å². The Kier molecular flexibility index (Phi) is 11.5. The van der Waals surface area contributed by atoms with Crippen LogP contribution in [-0.2, 0) is 28.9 Å². The number of rotatable bonds is 10. The number of hydrogen-bond donors (Lipinski definition) is 0. The van der Waals surface area contributed by atoms with Gasteiger partial charge in [-0.05, 0) is 121 Å². The standard InChI is InChI=1S/C39H57F2N5O3/c1-38(2,3)49-37(47)46-27-30-11-8-13-34(44-22-24-48-25-23-44)33(30)26-32(46)28-45(35-14-7-10-29-12-9-19-42-36(29)35)21-6-5-20-43(4)31-15-17-39(40,41)18-16-31/h8-9,11-13,19,31-32,35H,5-7,10,14-18,20-28H2,1-4H3/t32-,35+/m1/s1. The van der Waals surface area contributed by atoms with Crippen LogP contribution < -0.4 is 4.90 Å². The molecule has 1 saturated heterocycles. The van der Waals surface area contributed by atoms with Gasteiger partial charge in [0.05, 0.1) is 31.0 Å². The van der Waals surface area contributed by atoms with E-state index < -0.39 is 11.5 Å². The molecule has 8 nitrogen and oxygen atoms in total. The molecular formula is C39H57F2N5O3. The predicted octanol–water partition coefficient (Wildman–Crippen LogP) is 7.25. The minimum Gasteiger partial charge on any atom is -0.444 e. The number of amides is 1. The van der Waals surface area contributed by atoms with Crippen LogP contribution >= 0.6 is 0 Å². The van der Waals surface area contributed by atoms with Crippen LogP contribution in [0.4, 0.5) is 19.3 Å². The van der Waals surface area contributed by atoms with Gasteiger partial charge in [-0.3, -0.25) is 14.8 Å². The number of pyridine rings is 1. The fourth-order valence-corrected chi connectivity index (χ4v) is 8.37. The first kappa shape index (κ1) is 36.0. The van der Waals surface area contributed by atoms with E-state index >= 15 is 0 Å². The van der Waals surface area contributed by atoms with Crippen molar-refractivity contribution >= 4 is 11.8 Å². The molecular weight excluding hydrogens is 624 g/mol. The zero-order valence-corrected chi connectivity index (χ0v) is 30.1. The maximum Gasteiger partial charge on any atom is 0.410 e. The molecule has 2 aliphatic carbocycles. The van der Waals surface area contributed by atoms with Gasteiger partial charge < -0.3 is 19.3 Å². The molecule has 1 amide bonds. The van der Waals surface area contributed by atoms with Crippen LogP contribution in [0.2, 0.25) is 0 Å². The van der Waals surface area contributed by atoms with Crippen LogP contribution in [0, 0.1) is 0 Å². The van der Waals surface area contributed by atoms with Gasteiger partial charge in [-0.1, -0.05) is 18.2 Å². The van der Waals surface area contributed by atoms with E-state index in [0.717, 1.165) is 84.5 Å². The predicted molar refractivity (Wildman–Crippen MR) is 189 cm³/mol. The van der Waals surface area contributed by atoms with Crippen molar-refractivity contribution in [2.75, 3.05) is 57.9 Å². The zero-order valence-electron chi connectivity index (χ0n) is 30.1. The largest absolute Gasteiger partial charge is 0.444 e. The molecule has 4 aliphatic rings. The zero-order chi connectivity index (χ0) is 34.6. The Morgan fingerprint density at radius 2 is 1.78 bits per heavy atom. The summed E-state index contributed by atoms with van der Waals surface area (Å²) >= 11 is 0. The molecule has 0 unspecified atom stereocenters. The minimum atomic E-state index is -2.50. The Morgan fingerprint density at radius 3 is 2.53 bits per heavy atom. The van der Waals surface area contributed by atoms with Gasteiger partial charge in [0.2, 0.25) is 5.92 Å². The smallest absolute Gasteiger partial charge is 0.410 e. The van der Waals surface area contributed by atoms with Crippen LogP contribution in [0.3, 0.4) is 0 Å². The number of carbonyl (C=O) groups excluding carboxylic acids is 1. The SMILES string of the molecule is CN(CCCCN(C[C@H]1Cc2c(cccc2N2CCOCC2)CN1C(=O)OC(C)(C)C)[C@H]1CCCc2cccnc21)C1CCC(F)(F)CC1. The Labute approximate surface area is 292 Å². The number of nitrogens with zero attached hydrogens (tertiary/aromatic N) is 5. The monoisotopic (exact) mass is 681 g/mol. The van der Waals surface area contributed by atoms with Gasteiger partial charge in [0.25, 0.3) is 0 Å². The van der Waals surface area contributed by atoms with E-state index in [1.807, 2.05) is 37.9 Å². The van der Waals surface area contributed by atoms with Gasteiger partial charge in [-0.2, -0.15) is 0 Å². The van der Waals surface area contributed by atoms with E-state index in [1.54, 1.807) is 0 Å². The number of aromatic nitrogens is 1. The fourth-order valence-electron chi connectivity index (χ4n) is 8.37. The maximum atomic E-state index is 13.9. The summed E-state index contributed by atoms with van der Waals surface area (Å²) in [6.45, 7) is 12.0. The second kappa shape index (κ2) is 15.6. The summed E-state index contributed by atoms with van der Waals surface area (Å²) in [4.78, 5) is 28.1.